The van der Waals surface area contributed by atoms with Crippen LogP contribution in [0.4, 0.5) is 13.2 Å². The monoisotopic (exact) mass is 363 g/mol. The average molecular weight is 364 g/mol. The number of rotatable bonds is 5. The molecule has 0 fully saturated rings. The second kappa shape index (κ2) is 8.19. The second-order valence-corrected chi connectivity index (χ2v) is 5.73. The highest BCUT2D eigenvalue weighted by molar-refractivity contribution is 6.31. The summed E-state index contributed by atoms with van der Waals surface area (Å²) < 4.78 is 42.9. The number of carbonyl (C=O) groups is 2. The van der Waals surface area contributed by atoms with E-state index in [2.05, 4.69) is 10.1 Å². The summed E-state index contributed by atoms with van der Waals surface area (Å²) in [6.07, 6.45) is -2.34. The van der Waals surface area contributed by atoms with Gasteiger partial charge in [-0.05, 0) is 29.7 Å². The zero-order chi connectivity index (χ0) is 18.5. The second-order valence-electron chi connectivity index (χ2n) is 5.32. The van der Waals surface area contributed by atoms with Gasteiger partial charge in [-0.2, -0.15) is 13.2 Å². The van der Waals surface area contributed by atoms with Crippen molar-refractivity contribution in [3.63, 3.8) is 0 Å². The van der Waals surface area contributed by atoms with E-state index in [-0.39, 0.29) is 11.5 Å². The molecule has 0 spiro atoms. The van der Waals surface area contributed by atoms with Gasteiger partial charge in [0.2, 0.25) is 5.91 Å². The molecule has 24 heavy (non-hydrogen) atoms. The molecule has 0 saturated heterocycles. The Labute approximate surface area is 142 Å². The van der Waals surface area contributed by atoms with Crippen molar-refractivity contribution in [1.82, 2.24) is 5.32 Å². The molecule has 0 radical (unpaired) electrons. The van der Waals surface area contributed by atoms with Crippen LogP contribution in [0.1, 0.15) is 25.0 Å². The Morgan fingerprint density at radius 3 is 2.42 bits per heavy atom. The number of esters is 1. The van der Waals surface area contributed by atoms with E-state index in [4.69, 9.17) is 11.6 Å². The van der Waals surface area contributed by atoms with Gasteiger partial charge in [0.15, 0.2) is 0 Å². The average Bonchev–Trinajstić information content (AvgIpc) is 2.49. The van der Waals surface area contributed by atoms with Crippen molar-refractivity contribution in [3.05, 3.63) is 40.4 Å². The summed E-state index contributed by atoms with van der Waals surface area (Å²) in [6, 6.07) is 2.45. The highest BCUT2D eigenvalue weighted by atomic mass is 35.5. The molecule has 0 aliphatic carbocycles. The minimum Gasteiger partial charge on any atom is -0.467 e. The Hall–Kier alpha value is -2.02. The first kappa shape index (κ1) is 20.0. The highest BCUT2D eigenvalue weighted by Crippen LogP contribution is 2.35. The van der Waals surface area contributed by atoms with Crippen molar-refractivity contribution in [2.75, 3.05) is 7.11 Å². The van der Waals surface area contributed by atoms with Crippen LogP contribution in [0, 0.1) is 5.92 Å². The largest absolute Gasteiger partial charge is 0.467 e. The fourth-order valence-electron chi connectivity index (χ4n) is 1.86. The molecule has 8 heteroatoms. The number of hydrogen-bond acceptors (Lipinski definition) is 3. The zero-order valence-electron chi connectivity index (χ0n) is 13.3. The molecule has 4 nitrogen and oxygen atoms in total. The standard InChI is InChI=1S/C16H17ClF3NO3/c1-9(2)14(15(23)24-3)21-13(22)7-5-10-4-6-12(17)11(8-10)16(18,19)20/h4-9,14H,1-3H3,(H,21,22)/t14-/m0/s1. The Bertz CT molecular complexity index is 642. The number of amides is 1. The van der Waals surface area contributed by atoms with E-state index >= 15 is 0 Å². The van der Waals surface area contributed by atoms with E-state index in [0.29, 0.717) is 0 Å². The molecule has 1 atom stereocenters. The molecule has 132 valence electrons. The molecule has 0 aliphatic heterocycles. The molecule has 0 aliphatic rings. The van der Waals surface area contributed by atoms with Crippen molar-refractivity contribution < 1.29 is 27.5 Å². The van der Waals surface area contributed by atoms with Crippen molar-refractivity contribution >= 4 is 29.6 Å². The van der Waals surface area contributed by atoms with Crippen LogP contribution < -0.4 is 5.32 Å². The zero-order valence-corrected chi connectivity index (χ0v) is 14.0. The molecule has 0 unspecified atom stereocenters. The number of halogens is 4. The minimum atomic E-state index is -4.59. The molecule has 1 aromatic rings. The van der Waals surface area contributed by atoms with E-state index < -0.39 is 34.7 Å². The molecule has 0 saturated carbocycles. The Morgan fingerprint density at radius 2 is 1.92 bits per heavy atom. The predicted molar refractivity (Wildman–Crippen MR) is 84.3 cm³/mol. The lowest BCUT2D eigenvalue weighted by Gasteiger charge is -2.18. The fourth-order valence-corrected chi connectivity index (χ4v) is 2.09. The highest BCUT2D eigenvalue weighted by Gasteiger charge is 2.33. The first-order chi connectivity index (χ1) is 11.1. The van der Waals surface area contributed by atoms with Crippen molar-refractivity contribution in [1.29, 1.82) is 0 Å². The number of nitrogens with one attached hydrogen (secondary N) is 1. The van der Waals surface area contributed by atoms with Gasteiger partial charge in [0.25, 0.3) is 0 Å². The van der Waals surface area contributed by atoms with Crippen LogP contribution in [0.3, 0.4) is 0 Å². The summed E-state index contributed by atoms with van der Waals surface area (Å²) in [5.41, 5.74) is -0.831. The van der Waals surface area contributed by atoms with Crippen molar-refractivity contribution in [2.24, 2.45) is 5.92 Å². The topological polar surface area (TPSA) is 55.4 Å². The maximum absolute atomic E-state index is 12.8. The maximum atomic E-state index is 12.8. The molecule has 1 rings (SSSR count). The third-order valence-corrected chi connectivity index (χ3v) is 3.47. The third kappa shape index (κ3) is 5.56. The van der Waals surface area contributed by atoms with Crippen LogP contribution in [0.15, 0.2) is 24.3 Å². The number of ether oxygens (including phenoxy) is 1. The normalized spacial score (nSPS) is 13.2. The van der Waals surface area contributed by atoms with E-state index in [1.807, 2.05) is 0 Å². The Kier molecular flexibility index (Phi) is 6.83. The van der Waals surface area contributed by atoms with Crippen molar-refractivity contribution in [3.8, 4) is 0 Å². The van der Waals surface area contributed by atoms with Crippen LogP contribution in [0.5, 0.6) is 0 Å². The molecule has 1 N–H and O–H groups in total. The minimum absolute atomic E-state index is 0.154. The number of methoxy groups -OCH3 is 1. The van der Waals surface area contributed by atoms with Crippen molar-refractivity contribution in [2.45, 2.75) is 26.1 Å². The van der Waals surface area contributed by atoms with Crippen LogP contribution >= 0.6 is 11.6 Å². The summed E-state index contributed by atoms with van der Waals surface area (Å²) in [7, 11) is 1.20. The summed E-state index contributed by atoms with van der Waals surface area (Å²) in [5.74, 6) is -1.43. The number of benzene rings is 1. The summed E-state index contributed by atoms with van der Waals surface area (Å²) in [6.45, 7) is 3.45. The van der Waals surface area contributed by atoms with Gasteiger partial charge in [0.1, 0.15) is 6.04 Å². The lowest BCUT2D eigenvalue weighted by Crippen LogP contribution is -2.44. The summed E-state index contributed by atoms with van der Waals surface area (Å²) in [5, 5.41) is 2.02. The predicted octanol–water partition coefficient (Wildman–Crippen LogP) is 3.69. The smallest absolute Gasteiger partial charge is 0.417 e. The van der Waals surface area contributed by atoms with Crippen LogP contribution in [-0.2, 0) is 20.5 Å². The first-order valence-electron chi connectivity index (χ1n) is 6.99. The van der Waals surface area contributed by atoms with Gasteiger partial charge in [-0.1, -0.05) is 31.5 Å². The molecule has 0 bridgehead atoms. The third-order valence-electron chi connectivity index (χ3n) is 3.14. The van der Waals surface area contributed by atoms with Gasteiger partial charge in [-0.25, -0.2) is 4.79 Å². The summed E-state index contributed by atoms with van der Waals surface area (Å²) in [4.78, 5) is 23.4. The van der Waals surface area contributed by atoms with E-state index in [1.54, 1.807) is 13.8 Å². The first-order valence-corrected chi connectivity index (χ1v) is 7.37. The van der Waals surface area contributed by atoms with E-state index in [1.165, 1.54) is 19.3 Å². The summed E-state index contributed by atoms with van der Waals surface area (Å²) >= 11 is 5.52. The lowest BCUT2D eigenvalue weighted by molar-refractivity contribution is -0.145. The Morgan fingerprint density at radius 1 is 1.29 bits per heavy atom. The van der Waals surface area contributed by atoms with E-state index in [0.717, 1.165) is 18.2 Å². The molecule has 0 heterocycles. The Balaban J connectivity index is 2.89. The molecule has 1 amide bonds. The number of alkyl halides is 3. The maximum Gasteiger partial charge on any atom is 0.417 e. The lowest BCUT2D eigenvalue weighted by atomic mass is 10.0. The van der Waals surface area contributed by atoms with Gasteiger partial charge in [-0.15, -0.1) is 0 Å². The van der Waals surface area contributed by atoms with Gasteiger partial charge >= 0.3 is 12.1 Å². The van der Waals surface area contributed by atoms with Gasteiger partial charge in [-0.3, -0.25) is 4.79 Å². The van der Waals surface area contributed by atoms with Crippen LogP contribution in [-0.4, -0.2) is 25.0 Å². The van der Waals surface area contributed by atoms with Crippen LogP contribution in [0.2, 0.25) is 5.02 Å². The number of hydrogen-bond donors (Lipinski definition) is 1. The SMILES string of the molecule is COC(=O)[C@@H](NC(=O)C=Cc1ccc(Cl)c(C(F)(F)F)c1)C(C)C. The molecular weight excluding hydrogens is 347 g/mol. The van der Waals surface area contributed by atoms with Gasteiger partial charge in [0, 0.05) is 6.08 Å². The van der Waals surface area contributed by atoms with Gasteiger partial charge < -0.3 is 10.1 Å². The fraction of sp³-hybridized carbons (Fsp3) is 0.375. The molecular formula is C16H17ClF3NO3. The molecule has 0 aromatic heterocycles. The number of carbonyl (C=O) groups excluding carboxylic acids is 2. The van der Waals surface area contributed by atoms with Gasteiger partial charge in [0.05, 0.1) is 17.7 Å². The quantitative estimate of drug-likeness (QED) is 0.641. The van der Waals surface area contributed by atoms with Crippen LogP contribution in [0.25, 0.3) is 6.08 Å². The van der Waals surface area contributed by atoms with E-state index in [9.17, 15) is 22.8 Å². The molecule has 1 aromatic carbocycles.